The van der Waals surface area contributed by atoms with E-state index in [0.29, 0.717) is 143 Å². The average Bonchev–Trinajstić information content (AvgIpc) is 3.00. The normalized spacial score (nSPS) is 11.1. The largest absolute Gasteiger partial charge is 0.489 e. The molecule has 2 N–H and O–H groups in total. The van der Waals surface area contributed by atoms with Crippen molar-refractivity contribution >= 4 is 11.7 Å². The van der Waals surface area contributed by atoms with Gasteiger partial charge in [0.05, 0.1) is 125 Å². The number of carbonyl (C=O) groups excluding carboxylic acids is 1. The molecule has 0 aliphatic carbocycles. The maximum absolute atomic E-state index is 11.2. The van der Waals surface area contributed by atoms with E-state index >= 15 is 0 Å². The van der Waals surface area contributed by atoms with Gasteiger partial charge in [0, 0.05) is 5.57 Å². The van der Waals surface area contributed by atoms with Gasteiger partial charge >= 0.3 is 5.97 Å². The monoisotopic (exact) mass is 617 g/mol. The quantitative estimate of drug-likeness (QED) is 0.0544. The van der Waals surface area contributed by atoms with Crippen LogP contribution in [-0.2, 0) is 52.2 Å². The van der Waals surface area contributed by atoms with Gasteiger partial charge in [-0.05, 0) is 19.1 Å². The highest BCUT2D eigenvalue weighted by Crippen LogP contribution is 2.19. The lowest BCUT2D eigenvalue weighted by Crippen LogP contribution is -2.15. The standard InChI is InChI=1S/C30H51NO12/c1-27(2)30(32)43-26-24-41-22-20-39-18-16-37-14-12-35-10-8-33-7-9-34-11-13-36-15-17-38-19-21-40-23-25-42-29-6-4-3-5-28(29)31/h3-6H,1,7-26,31H2,2H3. The lowest BCUT2D eigenvalue weighted by atomic mass is 10.3. The van der Waals surface area contributed by atoms with Crippen LogP contribution in [0.25, 0.3) is 0 Å². The molecule has 248 valence electrons. The minimum Gasteiger partial charge on any atom is -0.489 e. The number of anilines is 1. The number of hydrogen-bond acceptors (Lipinski definition) is 13. The molecule has 0 atom stereocenters. The summed E-state index contributed by atoms with van der Waals surface area (Å²) in [5, 5.41) is 0. The molecule has 0 spiro atoms. The number of esters is 1. The van der Waals surface area contributed by atoms with Crippen LogP contribution in [0.5, 0.6) is 5.75 Å². The van der Waals surface area contributed by atoms with Crippen LogP contribution in [-0.4, -0.2) is 138 Å². The zero-order valence-electron chi connectivity index (χ0n) is 25.6. The third-order valence-electron chi connectivity index (χ3n) is 5.19. The van der Waals surface area contributed by atoms with Crippen molar-refractivity contribution in [3.05, 3.63) is 36.4 Å². The Morgan fingerprint density at radius 1 is 0.535 bits per heavy atom. The Bertz CT molecular complexity index is 798. The third kappa shape index (κ3) is 25.8. The number of ether oxygens (including phenoxy) is 11. The van der Waals surface area contributed by atoms with Gasteiger partial charge in [-0.2, -0.15) is 0 Å². The second kappa shape index (κ2) is 29.7. The molecule has 0 aliphatic rings. The van der Waals surface area contributed by atoms with Crippen LogP contribution in [0, 0.1) is 0 Å². The van der Waals surface area contributed by atoms with Crippen LogP contribution < -0.4 is 10.5 Å². The van der Waals surface area contributed by atoms with Crippen molar-refractivity contribution in [3.63, 3.8) is 0 Å². The van der Waals surface area contributed by atoms with Crippen molar-refractivity contribution in [2.45, 2.75) is 6.92 Å². The predicted molar refractivity (Wildman–Crippen MR) is 159 cm³/mol. The molecule has 0 saturated carbocycles. The maximum Gasteiger partial charge on any atom is 0.333 e. The molecule has 0 unspecified atom stereocenters. The Labute approximate surface area is 255 Å². The zero-order chi connectivity index (χ0) is 31.1. The maximum atomic E-state index is 11.2. The molecular formula is C30H51NO12. The lowest BCUT2D eigenvalue weighted by Gasteiger charge is -2.09. The van der Waals surface area contributed by atoms with E-state index in [2.05, 4.69) is 6.58 Å². The van der Waals surface area contributed by atoms with Crippen molar-refractivity contribution in [2.24, 2.45) is 0 Å². The number of para-hydroxylation sites is 2. The van der Waals surface area contributed by atoms with Gasteiger partial charge < -0.3 is 57.8 Å². The highest BCUT2D eigenvalue weighted by molar-refractivity contribution is 5.86. The van der Waals surface area contributed by atoms with Gasteiger partial charge in [0.15, 0.2) is 0 Å². The molecule has 13 nitrogen and oxygen atoms in total. The van der Waals surface area contributed by atoms with Crippen LogP contribution in [0.1, 0.15) is 6.92 Å². The Kier molecular flexibility index (Phi) is 26.8. The summed E-state index contributed by atoms with van der Waals surface area (Å²) in [5.74, 6) is 0.251. The molecule has 43 heavy (non-hydrogen) atoms. The highest BCUT2D eigenvalue weighted by atomic mass is 16.6. The Morgan fingerprint density at radius 2 is 0.837 bits per heavy atom. The number of benzene rings is 1. The summed E-state index contributed by atoms with van der Waals surface area (Å²) in [4.78, 5) is 11.2. The van der Waals surface area contributed by atoms with Gasteiger partial charge in [0.1, 0.15) is 19.0 Å². The third-order valence-corrected chi connectivity index (χ3v) is 5.19. The van der Waals surface area contributed by atoms with E-state index in [0.717, 1.165) is 0 Å². The van der Waals surface area contributed by atoms with E-state index in [1.165, 1.54) is 0 Å². The van der Waals surface area contributed by atoms with Gasteiger partial charge in [-0.25, -0.2) is 4.79 Å². The Balaban J connectivity index is 1.65. The molecule has 0 heterocycles. The molecule has 0 amide bonds. The number of nitrogens with two attached hydrogens (primary N) is 1. The van der Waals surface area contributed by atoms with E-state index in [1.54, 1.807) is 13.0 Å². The predicted octanol–water partition coefficient (Wildman–Crippen LogP) is 1.92. The van der Waals surface area contributed by atoms with E-state index in [1.807, 2.05) is 18.2 Å². The lowest BCUT2D eigenvalue weighted by molar-refractivity contribution is -0.140. The first-order chi connectivity index (χ1) is 21.1. The van der Waals surface area contributed by atoms with Crippen molar-refractivity contribution in [3.8, 4) is 5.75 Å². The average molecular weight is 618 g/mol. The van der Waals surface area contributed by atoms with Gasteiger partial charge in [-0.1, -0.05) is 18.7 Å². The van der Waals surface area contributed by atoms with Crippen molar-refractivity contribution in [1.82, 2.24) is 0 Å². The van der Waals surface area contributed by atoms with Gasteiger partial charge in [-0.15, -0.1) is 0 Å². The number of carbonyl (C=O) groups is 1. The second-order valence-corrected chi connectivity index (χ2v) is 8.81. The van der Waals surface area contributed by atoms with E-state index < -0.39 is 5.97 Å². The molecule has 0 radical (unpaired) electrons. The fourth-order valence-electron chi connectivity index (χ4n) is 3.00. The first kappa shape index (κ1) is 38.7. The topological polar surface area (TPSA) is 145 Å². The van der Waals surface area contributed by atoms with Crippen molar-refractivity contribution in [1.29, 1.82) is 0 Å². The number of rotatable bonds is 32. The van der Waals surface area contributed by atoms with Gasteiger partial charge in [0.2, 0.25) is 0 Å². The van der Waals surface area contributed by atoms with E-state index in [4.69, 9.17) is 57.8 Å². The number of nitrogen functional groups attached to an aromatic ring is 1. The molecule has 1 rings (SSSR count). The SMILES string of the molecule is C=C(C)C(=O)OCCOCCOCCOCCOCCOCCOCCOCCOCCOCCOc1ccccc1N. The zero-order valence-corrected chi connectivity index (χ0v) is 25.6. The first-order valence-electron chi connectivity index (χ1n) is 14.6. The molecule has 0 saturated heterocycles. The fraction of sp³-hybridized carbons (Fsp3) is 0.700. The summed E-state index contributed by atoms with van der Waals surface area (Å²) in [6, 6.07) is 7.36. The van der Waals surface area contributed by atoms with Crippen LogP contribution in [0.2, 0.25) is 0 Å². The van der Waals surface area contributed by atoms with Crippen molar-refractivity contribution < 1.29 is 56.9 Å². The van der Waals surface area contributed by atoms with Crippen molar-refractivity contribution in [2.75, 3.05) is 138 Å². The Morgan fingerprint density at radius 3 is 1.16 bits per heavy atom. The minimum atomic E-state index is -0.413. The molecule has 0 aromatic heterocycles. The number of hydrogen-bond donors (Lipinski definition) is 1. The first-order valence-corrected chi connectivity index (χ1v) is 14.6. The summed E-state index contributed by atoms with van der Waals surface area (Å²) >= 11 is 0. The molecule has 1 aromatic rings. The molecule has 0 fully saturated rings. The molecule has 0 aliphatic heterocycles. The molecule has 13 heteroatoms. The van der Waals surface area contributed by atoms with Crippen LogP contribution >= 0.6 is 0 Å². The summed E-state index contributed by atoms with van der Waals surface area (Å²) in [6.45, 7) is 14.2. The summed E-state index contributed by atoms with van der Waals surface area (Å²) in [6.07, 6.45) is 0. The second-order valence-electron chi connectivity index (χ2n) is 8.81. The fourth-order valence-corrected chi connectivity index (χ4v) is 3.00. The summed E-state index contributed by atoms with van der Waals surface area (Å²) in [5.41, 5.74) is 6.79. The molecular weight excluding hydrogens is 566 g/mol. The van der Waals surface area contributed by atoms with E-state index in [9.17, 15) is 4.79 Å². The van der Waals surface area contributed by atoms with Gasteiger partial charge in [0.25, 0.3) is 0 Å². The van der Waals surface area contributed by atoms with Crippen LogP contribution in [0.3, 0.4) is 0 Å². The van der Waals surface area contributed by atoms with Gasteiger partial charge in [-0.3, -0.25) is 0 Å². The summed E-state index contributed by atoms with van der Waals surface area (Å²) in [7, 11) is 0. The van der Waals surface area contributed by atoms with Crippen LogP contribution in [0.15, 0.2) is 36.4 Å². The highest BCUT2D eigenvalue weighted by Gasteiger charge is 2.02. The summed E-state index contributed by atoms with van der Waals surface area (Å²) < 4.78 is 59.3. The van der Waals surface area contributed by atoms with E-state index in [-0.39, 0.29) is 6.61 Å². The smallest absolute Gasteiger partial charge is 0.333 e. The Hall–Kier alpha value is -2.33. The molecule has 1 aromatic carbocycles. The van der Waals surface area contributed by atoms with Crippen LogP contribution in [0.4, 0.5) is 5.69 Å². The molecule has 0 bridgehead atoms. The minimum absolute atomic E-state index is 0.198.